The van der Waals surface area contributed by atoms with Crippen molar-refractivity contribution >= 4 is 0 Å². The second kappa shape index (κ2) is 6.68. The van der Waals surface area contributed by atoms with E-state index in [4.69, 9.17) is 4.74 Å². The molecule has 2 saturated heterocycles. The second-order valence-corrected chi connectivity index (χ2v) is 6.46. The highest BCUT2D eigenvalue weighted by atomic mass is 16.5. The minimum atomic E-state index is 0.475. The fourth-order valence-corrected chi connectivity index (χ4v) is 3.53. The van der Waals surface area contributed by atoms with Crippen LogP contribution >= 0.6 is 0 Å². The predicted octanol–water partition coefficient (Wildman–Crippen LogP) is 2.90. The highest BCUT2D eigenvalue weighted by molar-refractivity contribution is 5.09. The van der Waals surface area contributed by atoms with Gasteiger partial charge in [0.1, 0.15) is 0 Å². The molecule has 0 amide bonds. The minimum Gasteiger partial charge on any atom is -0.374 e. The van der Waals surface area contributed by atoms with E-state index in [9.17, 15) is 0 Å². The SMILES string of the molecule is C[C@H]1CC[C@H](CN2CCC(Cc3cccnc3)CC2)O1. The molecule has 0 bridgehead atoms. The Balaban J connectivity index is 1.41. The molecule has 3 nitrogen and oxygen atoms in total. The third-order valence-corrected chi connectivity index (χ3v) is 4.74. The van der Waals surface area contributed by atoms with Crippen molar-refractivity contribution in [2.75, 3.05) is 19.6 Å². The van der Waals surface area contributed by atoms with Crippen LogP contribution in [0.1, 0.15) is 38.2 Å². The van der Waals surface area contributed by atoms with E-state index >= 15 is 0 Å². The molecular formula is C17H26N2O. The molecular weight excluding hydrogens is 248 g/mol. The predicted molar refractivity (Wildman–Crippen MR) is 80.7 cm³/mol. The maximum atomic E-state index is 5.94. The molecule has 3 rings (SSSR count). The topological polar surface area (TPSA) is 25.4 Å². The summed E-state index contributed by atoms with van der Waals surface area (Å²) in [5.41, 5.74) is 1.39. The van der Waals surface area contributed by atoms with Crippen LogP contribution in [-0.2, 0) is 11.2 Å². The van der Waals surface area contributed by atoms with Gasteiger partial charge < -0.3 is 9.64 Å². The van der Waals surface area contributed by atoms with Gasteiger partial charge in [0, 0.05) is 18.9 Å². The number of ether oxygens (including phenoxy) is 1. The lowest BCUT2D eigenvalue weighted by molar-refractivity contribution is 0.0239. The van der Waals surface area contributed by atoms with Crippen LogP contribution in [0.4, 0.5) is 0 Å². The molecule has 2 aliphatic heterocycles. The Labute approximate surface area is 122 Å². The maximum absolute atomic E-state index is 5.94. The molecule has 1 aromatic rings. The lowest BCUT2D eigenvalue weighted by atomic mass is 9.90. The zero-order chi connectivity index (χ0) is 13.8. The highest BCUT2D eigenvalue weighted by Crippen LogP contribution is 2.24. The van der Waals surface area contributed by atoms with Crippen LogP contribution in [-0.4, -0.2) is 41.7 Å². The average Bonchev–Trinajstić information content (AvgIpc) is 2.88. The van der Waals surface area contributed by atoms with Gasteiger partial charge in [0.2, 0.25) is 0 Å². The number of likely N-dealkylation sites (tertiary alicyclic amines) is 1. The molecule has 2 aliphatic rings. The normalized spacial score (nSPS) is 28.9. The van der Waals surface area contributed by atoms with Crippen molar-refractivity contribution in [1.82, 2.24) is 9.88 Å². The van der Waals surface area contributed by atoms with E-state index in [0.29, 0.717) is 12.2 Å². The van der Waals surface area contributed by atoms with Crippen LogP contribution < -0.4 is 0 Å². The smallest absolute Gasteiger partial charge is 0.0706 e. The first kappa shape index (κ1) is 14.0. The maximum Gasteiger partial charge on any atom is 0.0706 e. The van der Waals surface area contributed by atoms with Gasteiger partial charge in [0.25, 0.3) is 0 Å². The van der Waals surface area contributed by atoms with Crippen molar-refractivity contribution in [1.29, 1.82) is 0 Å². The van der Waals surface area contributed by atoms with E-state index in [1.165, 1.54) is 50.8 Å². The summed E-state index contributed by atoms with van der Waals surface area (Å²) in [6, 6.07) is 4.25. The van der Waals surface area contributed by atoms with Gasteiger partial charge in [0.05, 0.1) is 12.2 Å². The van der Waals surface area contributed by atoms with Crippen molar-refractivity contribution < 1.29 is 4.74 Å². The summed E-state index contributed by atoms with van der Waals surface area (Å²) in [6.45, 7) is 5.81. The number of aromatic nitrogens is 1. The number of nitrogens with zero attached hydrogens (tertiary/aromatic N) is 2. The summed E-state index contributed by atoms with van der Waals surface area (Å²) in [5, 5.41) is 0. The molecule has 110 valence electrons. The first-order valence-electron chi connectivity index (χ1n) is 8.06. The Bertz CT molecular complexity index is 401. The van der Waals surface area contributed by atoms with Crippen LogP contribution in [0.15, 0.2) is 24.5 Å². The molecule has 0 radical (unpaired) electrons. The van der Waals surface area contributed by atoms with Gasteiger partial charge in [-0.1, -0.05) is 6.07 Å². The number of pyridine rings is 1. The van der Waals surface area contributed by atoms with E-state index in [1.807, 2.05) is 18.5 Å². The largest absolute Gasteiger partial charge is 0.374 e. The second-order valence-electron chi connectivity index (χ2n) is 6.46. The first-order chi connectivity index (χ1) is 9.79. The van der Waals surface area contributed by atoms with Crippen LogP contribution in [0.5, 0.6) is 0 Å². The number of rotatable bonds is 4. The van der Waals surface area contributed by atoms with Gasteiger partial charge in [-0.2, -0.15) is 0 Å². The summed E-state index contributed by atoms with van der Waals surface area (Å²) in [7, 11) is 0. The molecule has 0 aliphatic carbocycles. The Hall–Kier alpha value is -0.930. The lowest BCUT2D eigenvalue weighted by Gasteiger charge is -2.33. The Morgan fingerprint density at radius 2 is 2.10 bits per heavy atom. The van der Waals surface area contributed by atoms with Gasteiger partial charge in [-0.05, 0) is 69.7 Å². The van der Waals surface area contributed by atoms with E-state index in [-0.39, 0.29) is 0 Å². The Morgan fingerprint density at radius 1 is 1.25 bits per heavy atom. The summed E-state index contributed by atoms with van der Waals surface area (Å²) in [5.74, 6) is 0.832. The molecule has 3 heteroatoms. The van der Waals surface area contributed by atoms with Crippen LogP contribution in [0.3, 0.4) is 0 Å². The molecule has 1 aromatic heterocycles. The number of hydrogen-bond donors (Lipinski definition) is 0. The third kappa shape index (κ3) is 3.80. The zero-order valence-electron chi connectivity index (χ0n) is 12.5. The zero-order valence-corrected chi connectivity index (χ0v) is 12.5. The van der Waals surface area contributed by atoms with Gasteiger partial charge in [0.15, 0.2) is 0 Å². The summed E-state index contributed by atoms with van der Waals surface area (Å²) < 4.78 is 5.94. The van der Waals surface area contributed by atoms with Crippen molar-refractivity contribution in [3.8, 4) is 0 Å². The van der Waals surface area contributed by atoms with E-state index < -0.39 is 0 Å². The molecule has 3 heterocycles. The average molecular weight is 274 g/mol. The van der Waals surface area contributed by atoms with Gasteiger partial charge in [-0.3, -0.25) is 4.98 Å². The molecule has 0 N–H and O–H groups in total. The molecule has 0 aromatic carbocycles. The monoisotopic (exact) mass is 274 g/mol. The van der Waals surface area contributed by atoms with E-state index in [2.05, 4.69) is 22.9 Å². The van der Waals surface area contributed by atoms with Gasteiger partial charge >= 0.3 is 0 Å². The molecule has 0 saturated carbocycles. The van der Waals surface area contributed by atoms with Gasteiger partial charge in [-0.25, -0.2) is 0 Å². The van der Waals surface area contributed by atoms with Crippen LogP contribution in [0, 0.1) is 5.92 Å². The fraction of sp³-hybridized carbons (Fsp3) is 0.706. The van der Waals surface area contributed by atoms with Crippen molar-refractivity contribution in [2.24, 2.45) is 5.92 Å². The number of hydrogen-bond acceptors (Lipinski definition) is 3. The third-order valence-electron chi connectivity index (χ3n) is 4.74. The minimum absolute atomic E-state index is 0.475. The highest BCUT2D eigenvalue weighted by Gasteiger charge is 2.26. The summed E-state index contributed by atoms with van der Waals surface area (Å²) in [4.78, 5) is 6.81. The van der Waals surface area contributed by atoms with E-state index in [1.54, 1.807) is 0 Å². The Morgan fingerprint density at radius 3 is 2.75 bits per heavy atom. The van der Waals surface area contributed by atoms with Gasteiger partial charge in [-0.15, -0.1) is 0 Å². The summed E-state index contributed by atoms with van der Waals surface area (Å²) in [6.07, 6.45) is 11.1. The van der Waals surface area contributed by atoms with Crippen LogP contribution in [0.25, 0.3) is 0 Å². The quantitative estimate of drug-likeness (QED) is 0.844. The fourth-order valence-electron chi connectivity index (χ4n) is 3.53. The Kier molecular flexibility index (Phi) is 4.69. The standard InChI is InChI=1S/C17H26N2O/c1-14-4-5-17(20-14)13-19-9-6-15(7-10-19)11-16-3-2-8-18-12-16/h2-3,8,12,14-15,17H,4-7,9-11,13H2,1H3/t14-,17+/m0/s1. The molecule has 0 unspecified atom stereocenters. The molecule has 2 fully saturated rings. The van der Waals surface area contributed by atoms with Crippen molar-refractivity contribution in [3.63, 3.8) is 0 Å². The molecule has 0 spiro atoms. The van der Waals surface area contributed by atoms with Crippen molar-refractivity contribution in [2.45, 2.75) is 51.2 Å². The molecule has 20 heavy (non-hydrogen) atoms. The summed E-state index contributed by atoms with van der Waals surface area (Å²) >= 11 is 0. The lowest BCUT2D eigenvalue weighted by Crippen LogP contribution is -2.39. The molecule has 2 atom stereocenters. The number of piperidine rings is 1. The van der Waals surface area contributed by atoms with E-state index in [0.717, 1.165) is 12.5 Å². The van der Waals surface area contributed by atoms with Crippen molar-refractivity contribution in [3.05, 3.63) is 30.1 Å². The first-order valence-corrected chi connectivity index (χ1v) is 8.06. The van der Waals surface area contributed by atoms with Crippen LogP contribution in [0.2, 0.25) is 0 Å².